The predicted molar refractivity (Wildman–Crippen MR) is 103 cm³/mol. The summed E-state index contributed by atoms with van der Waals surface area (Å²) < 4.78 is 0. The SMILES string of the molecule is O=C1CCCN1CCCN1CC(C(=O)N2CCc3sccc3C2)CCC1=O. The topological polar surface area (TPSA) is 60.9 Å². The molecule has 3 amide bonds. The zero-order chi connectivity index (χ0) is 18.8. The Hall–Kier alpha value is -1.89. The summed E-state index contributed by atoms with van der Waals surface area (Å²) in [5.41, 5.74) is 1.28. The van der Waals surface area contributed by atoms with Crippen LogP contribution >= 0.6 is 11.3 Å². The molecule has 2 fully saturated rings. The molecule has 0 aromatic carbocycles. The van der Waals surface area contributed by atoms with Crippen LogP contribution in [0.1, 0.15) is 42.5 Å². The summed E-state index contributed by atoms with van der Waals surface area (Å²) in [5, 5.41) is 2.10. The fourth-order valence-corrected chi connectivity index (χ4v) is 5.31. The zero-order valence-corrected chi connectivity index (χ0v) is 16.5. The van der Waals surface area contributed by atoms with Crippen molar-refractivity contribution in [1.29, 1.82) is 0 Å². The molecule has 1 aromatic heterocycles. The number of amides is 3. The molecule has 7 heteroatoms. The molecule has 6 nitrogen and oxygen atoms in total. The average Bonchev–Trinajstić information content (AvgIpc) is 3.31. The van der Waals surface area contributed by atoms with Crippen LogP contribution < -0.4 is 0 Å². The monoisotopic (exact) mass is 389 g/mol. The van der Waals surface area contributed by atoms with Gasteiger partial charge in [-0.05, 0) is 42.7 Å². The Labute approximate surface area is 164 Å². The molecule has 0 aliphatic carbocycles. The molecule has 1 aromatic rings. The van der Waals surface area contributed by atoms with Gasteiger partial charge >= 0.3 is 0 Å². The van der Waals surface area contributed by atoms with Gasteiger partial charge in [-0.1, -0.05) is 0 Å². The molecule has 1 unspecified atom stereocenters. The number of fused-ring (bicyclic) bond motifs is 1. The molecule has 146 valence electrons. The van der Waals surface area contributed by atoms with Crippen LogP contribution in [0, 0.1) is 5.92 Å². The first kappa shape index (κ1) is 18.5. The number of carbonyl (C=O) groups excluding carboxylic acids is 3. The Balaban J connectivity index is 1.29. The van der Waals surface area contributed by atoms with Crippen molar-refractivity contribution < 1.29 is 14.4 Å². The van der Waals surface area contributed by atoms with Crippen molar-refractivity contribution >= 4 is 29.1 Å². The molecule has 1 atom stereocenters. The highest BCUT2D eigenvalue weighted by Gasteiger charge is 2.34. The van der Waals surface area contributed by atoms with Crippen molar-refractivity contribution in [2.24, 2.45) is 5.92 Å². The third-order valence-corrected chi connectivity index (χ3v) is 7.02. The lowest BCUT2D eigenvalue weighted by molar-refractivity contribution is -0.143. The van der Waals surface area contributed by atoms with E-state index >= 15 is 0 Å². The molecule has 0 saturated carbocycles. The molecule has 0 bridgehead atoms. The highest BCUT2D eigenvalue weighted by Crippen LogP contribution is 2.27. The Morgan fingerprint density at radius 2 is 1.89 bits per heavy atom. The maximum absolute atomic E-state index is 13.0. The van der Waals surface area contributed by atoms with E-state index < -0.39 is 0 Å². The van der Waals surface area contributed by atoms with Gasteiger partial charge in [0.1, 0.15) is 0 Å². The van der Waals surface area contributed by atoms with Crippen LogP contribution in [-0.4, -0.2) is 65.1 Å². The standard InChI is InChI=1S/C20H27N3O3S/c24-18-3-1-8-21(18)9-2-10-22-14-16(4-5-19(22)25)20(26)23-11-6-17-15(13-23)7-12-27-17/h7,12,16H,1-6,8-11,13-14H2. The lowest BCUT2D eigenvalue weighted by atomic mass is 9.94. The van der Waals surface area contributed by atoms with E-state index in [1.807, 2.05) is 14.7 Å². The van der Waals surface area contributed by atoms with E-state index in [4.69, 9.17) is 0 Å². The fourth-order valence-electron chi connectivity index (χ4n) is 4.42. The van der Waals surface area contributed by atoms with Crippen LogP contribution in [-0.2, 0) is 27.3 Å². The van der Waals surface area contributed by atoms with E-state index in [1.54, 1.807) is 11.3 Å². The lowest BCUT2D eigenvalue weighted by Crippen LogP contribution is -2.48. The predicted octanol–water partition coefficient (Wildman–Crippen LogP) is 1.88. The van der Waals surface area contributed by atoms with Crippen molar-refractivity contribution in [1.82, 2.24) is 14.7 Å². The van der Waals surface area contributed by atoms with Crippen molar-refractivity contribution in [3.05, 3.63) is 21.9 Å². The second kappa shape index (κ2) is 8.00. The van der Waals surface area contributed by atoms with Gasteiger partial charge in [-0.3, -0.25) is 14.4 Å². The van der Waals surface area contributed by atoms with Crippen LogP contribution in [0.25, 0.3) is 0 Å². The highest BCUT2D eigenvalue weighted by atomic mass is 32.1. The van der Waals surface area contributed by atoms with Crippen LogP contribution in [0.4, 0.5) is 0 Å². The van der Waals surface area contributed by atoms with Crippen LogP contribution in [0.2, 0.25) is 0 Å². The van der Waals surface area contributed by atoms with Crippen LogP contribution in [0.3, 0.4) is 0 Å². The summed E-state index contributed by atoms with van der Waals surface area (Å²) in [6.07, 6.45) is 4.45. The smallest absolute Gasteiger partial charge is 0.227 e. The number of hydrogen-bond acceptors (Lipinski definition) is 4. The minimum absolute atomic E-state index is 0.0868. The number of carbonyl (C=O) groups is 3. The van der Waals surface area contributed by atoms with Crippen LogP contribution in [0.15, 0.2) is 11.4 Å². The molecule has 27 heavy (non-hydrogen) atoms. The Morgan fingerprint density at radius 3 is 2.70 bits per heavy atom. The Bertz CT molecular complexity index is 732. The summed E-state index contributed by atoms with van der Waals surface area (Å²) in [4.78, 5) is 44.1. The summed E-state index contributed by atoms with van der Waals surface area (Å²) in [6, 6.07) is 2.12. The summed E-state index contributed by atoms with van der Waals surface area (Å²) in [7, 11) is 0. The highest BCUT2D eigenvalue weighted by molar-refractivity contribution is 7.10. The van der Waals surface area contributed by atoms with E-state index in [0.717, 1.165) is 32.4 Å². The van der Waals surface area contributed by atoms with E-state index in [1.165, 1.54) is 10.4 Å². The quantitative estimate of drug-likeness (QED) is 0.773. The van der Waals surface area contributed by atoms with E-state index in [-0.39, 0.29) is 23.6 Å². The first-order valence-electron chi connectivity index (χ1n) is 10.0. The van der Waals surface area contributed by atoms with Gasteiger partial charge in [0, 0.05) is 57.0 Å². The van der Waals surface area contributed by atoms with Gasteiger partial charge in [0.05, 0.1) is 5.92 Å². The molecular formula is C20H27N3O3S. The lowest BCUT2D eigenvalue weighted by Gasteiger charge is -2.36. The molecular weight excluding hydrogens is 362 g/mol. The van der Waals surface area contributed by atoms with Gasteiger partial charge in [-0.15, -0.1) is 11.3 Å². The fraction of sp³-hybridized carbons (Fsp3) is 0.650. The summed E-state index contributed by atoms with van der Waals surface area (Å²) in [6.45, 7) is 4.22. The molecule has 3 aliphatic rings. The molecule has 4 rings (SSSR count). The van der Waals surface area contributed by atoms with Gasteiger partial charge < -0.3 is 14.7 Å². The number of rotatable bonds is 5. The normalized spacial score (nSPS) is 23.1. The molecule has 0 N–H and O–H groups in total. The van der Waals surface area contributed by atoms with Crippen molar-refractivity contribution in [3.8, 4) is 0 Å². The Morgan fingerprint density at radius 1 is 1.07 bits per heavy atom. The van der Waals surface area contributed by atoms with E-state index in [0.29, 0.717) is 45.4 Å². The van der Waals surface area contributed by atoms with Crippen LogP contribution in [0.5, 0.6) is 0 Å². The van der Waals surface area contributed by atoms with Crippen molar-refractivity contribution in [2.75, 3.05) is 32.7 Å². The van der Waals surface area contributed by atoms with Gasteiger partial charge in [-0.25, -0.2) is 0 Å². The minimum Gasteiger partial charge on any atom is -0.343 e. The first-order chi connectivity index (χ1) is 13.1. The number of thiophene rings is 1. The Kier molecular flexibility index (Phi) is 5.48. The molecule has 0 spiro atoms. The molecule has 0 radical (unpaired) electrons. The number of nitrogens with zero attached hydrogens (tertiary/aromatic N) is 3. The number of likely N-dealkylation sites (tertiary alicyclic amines) is 2. The molecule has 2 saturated heterocycles. The van der Waals surface area contributed by atoms with Crippen molar-refractivity contribution in [2.45, 2.75) is 45.1 Å². The number of hydrogen-bond donors (Lipinski definition) is 0. The minimum atomic E-state index is -0.0868. The third kappa shape index (κ3) is 4.03. The largest absolute Gasteiger partial charge is 0.343 e. The van der Waals surface area contributed by atoms with E-state index in [2.05, 4.69) is 11.4 Å². The second-order valence-corrected chi connectivity index (χ2v) is 8.79. The van der Waals surface area contributed by atoms with Gasteiger partial charge in [0.15, 0.2) is 0 Å². The summed E-state index contributed by atoms with van der Waals surface area (Å²) >= 11 is 1.78. The van der Waals surface area contributed by atoms with Gasteiger partial charge in [0.2, 0.25) is 17.7 Å². The summed E-state index contributed by atoms with van der Waals surface area (Å²) in [5.74, 6) is 0.479. The molecule has 3 aliphatic heterocycles. The van der Waals surface area contributed by atoms with Gasteiger partial charge in [-0.2, -0.15) is 0 Å². The first-order valence-corrected chi connectivity index (χ1v) is 10.9. The average molecular weight is 390 g/mol. The van der Waals surface area contributed by atoms with E-state index in [9.17, 15) is 14.4 Å². The maximum atomic E-state index is 13.0. The third-order valence-electron chi connectivity index (χ3n) is 6.00. The zero-order valence-electron chi connectivity index (χ0n) is 15.7. The van der Waals surface area contributed by atoms with Crippen molar-refractivity contribution in [3.63, 3.8) is 0 Å². The second-order valence-electron chi connectivity index (χ2n) is 7.79. The molecule has 4 heterocycles. The number of piperidine rings is 1. The maximum Gasteiger partial charge on any atom is 0.227 e. The van der Waals surface area contributed by atoms with Gasteiger partial charge in [0.25, 0.3) is 0 Å².